The van der Waals surface area contributed by atoms with Crippen LogP contribution in [0, 0.1) is 5.82 Å². The molecule has 0 heterocycles. The predicted molar refractivity (Wildman–Crippen MR) is 65.6 cm³/mol. The summed E-state index contributed by atoms with van der Waals surface area (Å²) < 4.78 is 18.1. The van der Waals surface area contributed by atoms with Gasteiger partial charge in [-0.05, 0) is 38.5 Å². The van der Waals surface area contributed by atoms with Gasteiger partial charge in [0.2, 0.25) is 0 Å². The summed E-state index contributed by atoms with van der Waals surface area (Å²) in [4.78, 5) is 11.5. The van der Waals surface area contributed by atoms with Crippen molar-refractivity contribution in [2.45, 2.75) is 32.4 Å². The molecule has 1 aromatic rings. The van der Waals surface area contributed by atoms with Crippen LogP contribution in [0.1, 0.15) is 32.4 Å². The Morgan fingerprint density at radius 1 is 1.50 bits per heavy atom. The first-order valence-corrected chi connectivity index (χ1v) is 5.67. The summed E-state index contributed by atoms with van der Waals surface area (Å²) in [6.07, 6.45) is -0.647. The van der Waals surface area contributed by atoms with E-state index in [1.165, 1.54) is 18.2 Å². The van der Waals surface area contributed by atoms with Crippen LogP contribution in [0.5, 0.6) is 0 Å². The van der Waals surface area contributed by atoms with Crippen molar-refractivity contribution in [3.8, 4) is 0 Å². The molecule has 0 aliphatic rings. The van der Waals surface area contributed by atoms with Gasteiger partial charge in [0.15, 0.2) is 0 Å². The summed E-state index contributed by atoms with van der Waals surface area (Å²) in [5.74, 6) is -0.420. The second kappa shape index (κ2) is 5.82. The Balaban J connectivity index is 2.71. The summed E-state index contributed by atoms with van der Waals surface area (Å²) in [5.41, 5.74) is -0.130. The van der Waals surface area contributed by atoms with E-state index in [9.17, 15) is 14.3 Å². The number of benzene rings is 1. The standard InChI is InChI=1S/C13H18FNO3/c1-13(2,3)18-12(17)15-11(8-16)9-5-4-6-10(14)7-9/h4-7,11,16H,8H2,1-3H3,(H,15,17). The van der Waals surface area contributed by atoms with Crippen LogP contribution in [0.15, 0.2) is 24.3 Å². The number of rotatable bonds is 3. The molecule has 18 heavy (non-hydrogen) atoms. The molecule has 0 aliphatic heterocycles. The first-order valence-electron chi connectivity index (χ1n) is 5.67. The monoisotopic (exact) mass is 255 g/mol. The molecule has 1 atom stereocenters. The maximum Gasteiger partial charge on any atom is 0.408 e. The van der Waals surface area contributed by atoms with Crippen LogP contribution >= 0.6 is 0 Å². The van der Waals surface area contributed by atoms with E-state index in [-0.39, 0.29) is 6.61 Å². The molecule has 1 amide bonds. The molecule has 0 fully saturated rings. The zero-order valence-corrected chi connectivity index (χ0v) is 10.7. The van der Waals surface area contributed by atoms with Crippen molar-refractivity contribution in [2.24, 2.45) is 0 Å². The molecule has 0 radical (unpaired) electrons. The highest BCUT2D eigenvalue weighted by molar-refractivity contribution is 5.68. The second-order valence-electron chi connectivity index (χ2n) is 4.94. The number of halogens is 1. The van der Waals surface area contributed by atoms with Crippen LogP contribution in [0.2, 0.25) is 0 Å². The molecule has 0 saturated heterocycles. The fourth-order valence-corrected chi connectivity index (χ4v) is 1.41. The van der Waals surface area contributed by atoms with Crippen molar-refractivity contribution in [3.63, 3.8) is 0 Å². The Bertz CT molecular complexity index is 415. The van der Waals surface area contributed by atoms with Gasteiger partial charge >= 0.3 is 6.09 Å². The van der Waals surface area contributed by atoms with E-state index in [4.69, 9.17) is 4.74 Å². The van der Waals surface area contributed by atoms with Crippen molar-refractivity contribution >= 4 is 6.09 Å². The van der Waals surface area contributed by atoms with E-state index in [1.807, 2.05) is 0 Å². The number of carbonyl (C=O) groups excluding carboxylic acids is 1. The number of aliphatic hydroxyl groups is 1. The Kier molecular flexibility index (Phi) is 4.67. The molecule has 2 N–H and O–H groups in total. The van der Waals surface area contributed by atoms with Crippen LogP contribution in [0.3, 0.4) is 0 Å². The third-order valence-electron chi connectivity index (χ3n) is 2.12. The lowest BCUT2D eigenvalue weighted by atomic mass is 10.1. The number of nitrogens with one attached hydrogen (secondary N) is 1. The molecule has 0 aromatic heterocycles. The van der Waals surface area contributed by atoms with Gasteiger partial charge in [0.05, 0.1) is 12.6 Å². The molecule has 4 nitrogen and oxygen atoms in total. The molecule has 0 saturated carbocycles. The molecule has 1 rings (SSSR count). The average molecular weight is 255 g/mol. The largest absolute Gasteiger partial charge is 0.444 e. The van der Waals surface area contributed by atoms with E-state index < -0.39 is 23.6 Å². The fourth-order valence-electron chi connectivity index (χ4n) is 1.41. The van der Waals surface area contributed by atoms with Crippen molar-refractivity contribution < 1.29 is 19.0 Å². The molecule has 1 unspecified atom stereocenters. The van der Waals surface area contributed by atoms with Gasteiger partial charge in [0.1, 0.15) is 11.4 Å². The second-order valence-corrected chi connectivity index (χ2v) is 4.94. The van der Waals surface area contributed by atoms with E-state index in [0.717, 1.165) is 0 Å². The highest BCUT2D eigenvalue weighted by Gasteiger charge is 2.20. The van der Waals surface area contributed by atoms with Crippen LogP contribution in [0.25, 0.3) is 0 Å². The van der Waals surface area contributed by atoms with Crippen LogP contribution < -0.4 is 5.32 Å². The Hall–Kier alpha value is -1.62. The van der Waals surface area contributed by atoms with E-state index in [0.29, 0.717) is 5.56 Å². The van der Waals surface area contributed by atoms with Gasteiger partial charge < -0.3 is 15.2 Å². The number of amides is 1. The van der Waals surface area contributed by atoms with Gasteiger partial charge in [0, 0.05) is 0 Å². The molecule has 0 spiro atoms. The number of hydrogen-bond acceptors (Lipinski definition) is 3. The highest BCUT2D eigenvalue weighted by atomic mass is 19.1. The molecule has 0 bridgehead atoms. The van der Waals surface area contributed by atoms with Crippen LogP contribution in [-0.2, 0) is 4.74 Å². The summed E-state index contributed by atoms with van der Waals surface area (Å²) in [6, 6.07) is 5.02. The van der Waals surface area contributed by atoms with Gasteiger partial charge in [-0.2, -0.15) is 0 Å². The SMILES string of the molecule is CC(C)(C)OC(=O)NC(CO)c1cccc(F)c1. The summed E-state index contributed by atoms with van der Waals surface area (Å²) in [5, 5.41) is 11.7. The molecule has 0 aliphatic carbocycles. The highest BCUT2D eigenvalue weighted by Crippen LogP contribution is 2.15. The van der Waals surface area contributed by atoms with Crippen molar-refractivity contribution in [2.75, 3.05) is 6.61 Å². The fraction of sp³-hybridized carbons (Fsp3) is 0.462. The summed E-state index contributed by atoms with van der Waals surface area (Å²) in [6.45, 7) is 4.89. The van der Waals surface area contributed by atoms with E-state index >= 15 is 0 Å². The molecular weight excluding hydrogens is 237 g/mol. The van der Waals surface area contributed by atoms with Gasteiger partial charge in [-0.25, -0.2) is 9.18 Å². The first kappa shape index (κ1) is 14.4. The first-order chi connectivity index (χ1) is 8.31. The summed E-state index contributed by atoms with van der Waals surface area (Å²) in [7, 11) is 0. The van der Waals surface area contributed by atoms with Gasteiger partial charge in [-0.3, -0.25) is 0 Å². The zero-order chi connectivity index (χ0) is 13.8. The van der Waals surface area contributed by atoms with Crippen LogP contribution in [0.4, 0.5) is 9.18 Å². The maximum atomic E-state index is 13.0. The Morgan fingerprint density at radius 3 is 2.67 bits per heavy atom. The normalized spacial score (nSPS) is 12.9. The topological polar surface area (TPSA) is 58.6 Å². The minimum Gasteiger partial charge on any atom is -0.444 e. The quantitative estimate of drug-likeness (QED) is 0.871. The van der Waals surface area contributed by atoms with Crippen LogP contribution in [-0.4, -0.2) is 23.4 Å². The average Bonchev–Trinajstić information content (AvgIpc) is 2.23. The molecule has 1 aromatic carbocycles. The molecule has 100 valence electrons. The minimum absolute atomic E-state index is 0.331. The lowest BCUT2D eigenvalue weighted by Gasteiger charge is -2.23. The number of ether oxygens (including phenoxy) is 1. The maximum absolute atomic E-state index is 13.0. The van der Waals surface area contributed by atoms with Crippen molar-refractivity contribution in [3.05, 3.63) is 35.6 Å². The van der Waals surface area contributed by atoms with Crippen molar-refractivity contribution in [1.82, 2.24) is 5.32 Å². The van der Waals surface area contributed by atoms with Crippen molar-refractivity contribution in [1.29, 1.82) is 0 Å². The number of alkyl carbamates (subject to hydrolysis) is 1. The zero-order valence-electron chi connectivity index (χ0n) is 10.7. The number of aliphatic hydroxyl groups excluding tert-OH is 1. The van der Waals surface area contributed by atoms with E-state index in [2.05, 4.69) is 5.32 Å². The van der Waals surface area contributed by atoms with E-state index in [1.54, 1.807) is 26.8 Å². The van der Waals surface area contributed by atoms with Gasteiger partial charge in [-0.15, -0.1) is 0 Å². The third-order valence-corrected chi connectivity index (χ3v) is 2.12. The summed E-state index contributed by atoms with van der Waals surface area (Å²) >= 11 is 0. The lowest BCUT2D eigenvalue weighted by Crippen LogP contribution is -2.36. The minimum atomic E-state index is -0.685. The predicted octanol–water partition coefficient (Wildman–Crippen LogP) is 2.38. The Morgan fingerprint density at radius 2 is 2.17 bits per heavy atom. The Labute approximate surface area is 106 Å². The number of hydrogen-bond donors (Lipinski definition) is 2. The molecule has 5 heteroatoms. The van der Waals surface area contributed by atoms with Gasteiger partial charge in [0.25, 0.3) is 0 Å². The number of carbonyl (C=O) groups is 1. The molecular formula is C13H18FNO3. The smallest absolute Gasteiger partial charge is 0.408 e. The van der Waals surface area contributed by atoms with Gasteiger partial charge in [-0.1, -0.05) is 12.1 Å². The third kappa shape index (κ3) is 4.71. The lowest BCUT2D eigenvalue weighted by molar-refractivity contribution is 0.0481.